The molecule has 3 N–H and O–H groups in total. The Morgan fingerprint density at radius 1 is 1.31 bits per heavy atom. The van der Waals surface area contributed by atoms with E-state index in [2.05, 4.69) is 20.3 Å². The van der Waals surface area contributed by atoms with Crippen LogP contribution >= 0.6 is 0 Å². The fourth-order valence-electron chi connectivity index (χ4n) is 4.75. The van der Waals surface area contributed by atoms with Gasteiger partial charge < -0.3 is 25.0 Å². The molecule has 1 saturated heterocycles. The summed E-state index contributed by atoms with van der Waals surface area (Å²) in [6.45, 7) is 6.51. The van der Waals surface area contributed by atoms with Gasteiger partial charge in [0.1, 0.15) is 35.2 Å². The number of aliphatic hydroxyl groups is 1. The number of carbonyl (C=O) groups is 2. The monoisotopic (exact) mass is 495 g/mol. The number of aromatic amines is 1. The summed E-state index contributed by atoms with van der Waals surface area (Å²) in [5, 5.41) is 12.7. The Morgan fingerprint density at radius 2 is 2.08 bits per heavy atom. The van der Waals surface area contributed by atoms with Gasteiger partial charge in [0.25, 0.3) is 11.8 Å². The number of aryl methyl sites for hydroxylation is 1. The van der Waals surface area contributed by atoms with E-state index in [1.165, 1.54) is 25.4 Å². The van der Waals surface area contributed by atoms with Gasteiger partial charge in [0.05, 0.1) is 23.7 Å². The lowest BCUT2D eigenvalue weighted by Gasteiger charge is -2.18. The molecule has 5 rings (SSSR count). The molecule has 0 bridgehead atoms. The molecular formula is C26H30FN5O4. The SMILES string of the molecule is Cc1[nH]c2c(-c3cc(F)ccc3OCC3CC3)ncnc2c1C(=O)N[C@@H]1CN(C(=O)[C@H](C)O)C[C@@H]1C. The molecule has 2 amide bonds. The Balaban J connectivity index is 1.44. The number of nitrogens with one attached hydrogen (secondary N) is 2. The number of aliphatic hydroxyl groups excluding tert-OH is 1. The maximum atomic E-state index is 14.2. The largest absolute Gasteiger partial charge is 0.493 e. The molecule has 3 aromatic rings. The number of ether oxygens (including phenoxy) is 1. The normalized spacial score (nSPS) is 20.5. The van der Waals surface area contributed by atoms with Gasteiger partial charge in [0, 0.05) is 24.3 Å². The number of hydrogen-bond donors (Lipinski definition) is 3. The average Bonchev–Trinajstić information content (AvgIpc) is 3.51. The number of carbonyl (C=O) groups excluding carboxylic acids is 2. The van der Waals surface area contributed by atoms with E-state index in [9.17, 15) is 19.1 Å². The molecule has 0 spiro atoms. The van der Waals surface area contributed by atoms with Crippen molar-refractivity contribution >= 4 is 22.8 Å². The smallest absolute Gasteiger partial charge is 0.255 e. The minimum Gasteiger partial charge on any atom is -0.493 e. The topological polar surface area (TPSA) is 120 Å². The molecule has 2 aromatic heterocycles. The highest BCUT2D eigenvalue weighted by Gasteiger charge is 2.35. The molecule has 1 aliphatic carbocycles. The first-order chi connectivity index (χ1) is 17.2. The van der Waals surface area contributed by atoms with Crippen LogP contribution in [-0.4, -0.2) is 68.6 Å². The summed E-state index contributed by atoms with van der Waals surface area (Å²) in [5.41, 5.74) is 2.87. The van der Waals surface area contributed by atoms with Gasteiger partial charge >= 0.3 is 0 Å². The number of halogens is 1. The van der Waals surface area contributed by atoms with Gasteiger partial charge in [-0.25, -0.2) is 14.4 Å². The highest BCUT2D eigenvalue weighted by atomic mass is 19.1. The Morgan fingerprint density at radius 3 is 2.81 bits per heavy atom. The average molecular weight is 496 g/mol. The van der Waals surface area contributed by atoms with Crippen molar-refractivity contribution in [1.29, 1.82) is 0 Å². The van der Waals surface area contributed by atoms with Gasteiger partial charge in [-0.05, 0) is 56.7 Å². The van der Waals surface area contributed by atoms with E-state index in [4.69, 9.17) is 4.74 Å². The summed E-state index contributed by atoms with van der Waals surface area (Å²) >= 11 is 0. The van der Waals surface area contributed by atoms with E-state index < -0.39 is 11.9 Å². The van der Waals surface area contributed by atoms with Crippen LogP contribution < -0.4 is 10.1 Å². The number of benzene rings is 1. The molecule has 2 fully saturated rings. The molecule has 1 aliphatic heterocycles. The number of aromatic nitrogens is 3. The second kappa shape index (κ2) is 9.50. The number of hydrogen-bond acceptors (Lipinski definition) is 6. The lowest BCUT2D eigenvalue weighted by atomic mass is 10.1. The summed E-state index contributed by atoms with van der Waals surface area (Å²) < 4.78 is 20.2. The summed E-state index contributed by atoms with van der Waals surface area (Å²) in [5.74, 6) is -0.00966. The van der Waals surface area contributed by atoms with E-state index in [0.29, 0.717) is 64.9 Å². The molecular weight excluding hydrogens is 465 g/mol. The molecule has 1 aromatic carbocycles. The van der Waals surface area contributed by atoms with Crippen molar-refractivity contribution in [1.82, 2.24) is 25.2 Å². The first kappa shape index (κ1) is 24.2. The summed E-state index contributed by atoms with van der Waals surface area (Å²) in [6, 6.07) is 4.08. The summed E-state index contributed by atoms with van der Waals surface area (Å²) in [4.78, 5) is 39.1. The Labute approximate surface area is 208 Å². The van der Waals surface area contributed by atoms with Crippen LogP contribution in [0.4, 0.5) is 4.39 Å². The van der Waals surface area contributed by atoms with Crippen LogP contribution in [-0.2, 0) is 4.79 Å². The Kier molecular flexibility index (Phi) is 6.38. The lowest BCUT2D eigenvalue weighted by molar-refractivity contribution is -0.138. The quantitative estimate of drug-likeness (QED) is 0.464. The fraction of sp³-hybridized carbons (Fsp3) is 0.462. The number of H-pyrrole nitrogens is 1. The van der Waals surface area contributed by atoms with E-state index in [-0.39, 0.29) is 23.8 Å². The van der Waals surface area contributed by atoms with Gasteiger partial charge in [-0.15, -0.1) is 0 Å². The van der Waals surface area contributed by atoms with Crippen molar-refractivity contribution in [2.45, 2.75) is 45.8 Å². The van der Waals surface area contributed by atoms with Crippen molar-refractivity contribution in [3.8, 4) is 17.0 Å². The van der Waals surface area contributed by atoms with E-state index in [1.54, 1.807) is 17.9 Å². The molecule has 0 unspecified atom stereocenters. The Hall–Kier alpha value is -3.53. The first-order valence-electron chi connectivity index (χ1n) is 12.3. The number of likely N-dealkylation sites (tertiary alicyclic amines) is 1. The highest BCUT2D eigenvalue weighted by molar-refractivity contribution is 6.09. The third-order valence-corrected chi connectivity index (χ3v) is 6.96. The van der Waals surface area contributed by atoms with Crippen molar-refractivity contribution in [2.75, 3.05) is 19.7 Å². The first-order valence-corrected chi connectivity index (χ1v) is 12.3. The molecule has 3 heterocycles. The summed E-state index contributed by atoms with van der Waals surface area (Å²) in [6.07, 6.45) is 2.54. The molecule has 2 aliphatic rings. The number of nitrogens with zero attached hydrogens (tertiary/aromatic N) is 3. The van der Waals surface area contributed by atoms with Crippen LogP contribution in [0, 0.1) is 24.6 Å². The minimum atomic E-state index is -1.08. The zero-order chi connectivity index (χ0) is 25.6. The van der Waals surface area contributed by atoms with Crippen LogP contribution in [0.5, 0.6) is 5.75 Å². The van der Waals surface area contributed by atoms with Gasteiger partial charge in [-0.1, -0.05) is 6.92 Å². The predicted molar refractivity (Wildman–Crippen MR) is 131 cm³/mol. The van der Waals surface area contributed by atoms with Crippen LogP contribution in [0.2, 0.25) is 0 Å². The Bertz CT molecular complexity index is 1320. The van der Waals surface area contributed by atoms with E-state index in [0.717, 1.165) is 12.8 Å². The van der Waals surface area contributed by atoms with Crippen LogP contribution in [0.1, 0.15) is 42.7 Å². The molecule has 9 nitrogen and oxygen atoms in total. The van der Waals surface area contributed by atoms with E-state index in [1.807, 2.05) is 6.92 Å². The minimum absolute atomic E-state index is 0.0193. The van der Waals surface area contributed by atoms with Gasteiger partial charge in [-0.2, -0.15) is 0 Å². The third kappa shape index (κ3) is 4.65. The highest BCUT2D eigenvalue weighted by Crippen LogP contribution is 2.37. The van der Waals surface area contributed by atoms with Crippen molar-refractivity contribution < 1.29 is 23.8 Å². The number of amides is 2. The molecule has 3 atom stereocenters. The van der Waals surface area contributed by atoms with Crippen molar-refractivity contribution in [3.63, 3.8) is 0 Å². The maximum absolute atomic E-state index is 14.2. The number of rotatable bonds is 7. The number of fused-ring (bicyclic) bond motifs is 1. The predicted octanol–water partition coefficient (Wildman–Crippen LogP) is 2.82. The molecule has 1 saturated carbocycles. The molecule has 36 heavy (non-hydrogen) atoms. The fourth-order valence-corrected chi connectivity index (χ4v) is 4.75. The molecule has 0 radical (unpaired) electrons. The van der Waals surface area contributed by atoms with Crippen LogP contribution in [0.3, 0.4) is 0 Å². The van der Waals surface area contributed by atoms with Crippen molar-refractivity contribution in [3.05, 3.63) is 41.6 Å². The van der Waals surface area contributed by atoms with Gasteiger partial charge in [0.2, 0.25) is 0 Å². The van der Waals surface area contributed by atoms with Crippen molar-refractivity contribution in [2.24, 2.45) is 11.8 Å². The second-order valence-corrected chi connectivity index (χ2v) is 9.94. The van der Waals surface area contributed by atoms with Crippen LogP contribution in [0.15, 0.2) is 24.5 Å². The zero-order valence-electron chi connectivity index (χ0n) is 20.5. The second-order valence-electron chi connectivity index (χ2n) is 9.94. The summed E-state index contributed by atoms with van der Waals surface area (Å²) in [7, 11) is 0. The van der Waals surface area contributed by atoms with Gasteiger partial charge in [-0.3, -0.25) is 9.59 Å². The standard InChI is InChI=1S/C26H30FN5O4/c1-13-9-32(26(35)15(3)33)10-19(13)31-25(34)21-14(2)30-24-22(28-12-29-23(21)24)18-8-17(27)6-7-20(18)36-11-16-4-5-16/h6-8,12-13,15-16,19,30,33H,4-5,9-11H2,1-3H3,(H,31,34)/t13-,15-,19+/m0/s1. The molecule has 10 heteroatoms. The third-order valence-electron chi connectivity index (χ3n) is 6.96. The zero-order valence-corrected chi connectivity index (χ0v) is 20.5. The van der Waals surface area contributed by atoms with Gasteiger partial charge in [0.15, 0.2) is 0 Å². The lowest BCUT2D eigenvalue weighted by Crippen LogP contribution is -2.42. The van der Waals surface area contributed by atoms with E-state index >= 15 is 0 Å². The molecule has 190 valence electrons. The maximum Gasteiger partial charge on any atom is 0.255 e. The van der Waals surface area contributed by atoms with Crippen LogP contribution in [0.25, 0.3) is 22.3 Å².